The van der Waals surface area contributed by atoms with Crippen LogP contribution < -0.4 is 10.6 Å². The first-order chi connectivity index (χ1) is 14.2. The molecule has 2 aromatic heterocycles. The van der Waals surface area contributed by atoms with Gasteiger partial charge < -0.3 is 10.6 Å². The van der Waals surface area contributed by atoms with Gasteiger partial charge in [-0.15, -0.1) is 5.10 Å². The fraction of sp³-hybridized carbons (Fsp3) is 0.227. The molecule has 0 aliphatic carbocycles. The number of anilines is 1. The lowest BCUT2D eigenvalue weighted by molar-refractivity contribution is 0.498. The van der Waals surface area contributed by atoms with Crippen molar-refractivity contribution in [3.8, 4) is 23.0 Å². The molecule has 7 nitrogen and oxygen atoms in total. The lowest BCUT2D eigenvalue weighted by Gasteiger charge is -2.30. The van der Waals surface area contributed by atoms with Crippen LogP contribution in [0.25, 0.3) is 27.8 Å². The van der Waals surface area contributed by atoms with Gasteiger partial charge in [-0.2, -0.15) is 10.4 Å². The first-order valence-corrected chi connectivity index (χ1v) is 9.76. The van der Waals surface area contributed by atoms with Gasteiger partial charge in [-0.25, -0.2) is 4.68 Å². The van der Waals surface area contributed by atoms with Crippen LogP contribution in [-0.4, -0.2) is 39.1 Å². The molecule has 7 heteroatoms. The van der Waals surface area contributed by atoms with Gasteiger partial charge in [-0.05, 0) is 49.2 Å². The van der Waals surface area contributed by atoms with Gasteiger partial charge in [0.25, 0.3) is 0 Å². The van der Waals surface area contributed by atoms with Crippen LogP contribution in [0.5, 0.6) is 0 Å². The molecule has 1 fully saturated rings. The van der Waals surface area contributed by atoms with Gasteiger partial charge in [0.2, 0.25) is 0 Å². The van der Waals surface area contributed by atoms with Crippen LogP contribution >= 0.6 is 0 Å². The average molecular weight is 383 g/mol. The molecule has 1 aliphatic heterocycles. The lowest BCUT2D eigenvalue weighted by atomic mass is 10.1. The van der Waals surface area contributed by atoms with Gasteiger partial charge in [0.15, 0.2) is 5.82 Å². The van der Waals surface area contributed by atoms with E-state index in [1.165, 1.54) is 0 Å². The molecule has 4 aromatic rings. The highest BCUT2D eigenvalue weighted by atomic mass is 15.4. The molecule has 0 spiro atoms. The first kappa shape index (κ1) is 17.5. The molecule has 1 saturated heterocycles. The largest absolute Gasteiger partial charge is 0.355 e. The third-order valence-electron chi connectivity index (χ3n) is 5.54. The van der Waals surface area contributed by atoms with Crippen LogP contribution in [0.4, 0.5) is 5.82 Å². The topological polar surface area (TPSA) is 99.5 Å². The fourth-order valence-corrected chi connectivity index (χ4v) is 3.83. The highest BCUT2D eigenvalue weighted by Gasteiger charge is 2.21. The first-order valence-electron chi connectivity index (χ1n) is 9.76. The van der Waals surface area contributed by atoms with E-state index < -0.39 is 0 Å². The molecule has 0 saturated carbocycles. The maximum Gasteiger partial charge on any atom is 0.151 e. The molecule has 5 rings (SSSR count). The predicted molar refractivity (Wildman–Crippen MR) is 113 cm³/mol. The maximum atomic E-state index is 9.11. The number of piperidine rings is 1. The number of rotatable bonds is 3. The van der Waals surface area contributed by atoms with Crippen molar-refractivity contribution in [1.29, 1.82) is 5.26 Å². The van der Waals surface area contributed by atoms with Crippen molar-refractivity contribution in [2.45, 2.75) is 18.9 Å². The van der Waals surface area contributed by atoms with Gasteiger partial charge in [0, 0.05) is 36.1 Å². The van der Waals surface area contributed by atoms with Crippen LogP contribution in [0, 0.1) is 11.3 Å². The minimum absolute atomic E-state index is 0.273. The molecule has 0 bridgehead atoms. The van der Waals surface area contributed by atoms with E-state index in [2.05, 4.69) is 39.4 Å². The summed E-state index contributed by atoms with van der Waals surface area (Å²) in [6.07, 6.45) is 3.77. The molecule has 0 amide bonds. The Morgan fingerprint density at radius 3 is 2.62 bits per heavy atom. The Kier molecular flexibility index (Phi) is 4.26. The van der Waals surface area contributed by atoms with Gasteiger partial charge in [0.1, 0.15) is 0 Å². The van der Waals surface area contributed by atoms with E-state index in [0.717, 1.165) is 59.6 Å². The monoisotopic (exact) mass is 383 g/mol. The van der Waals surface area contributed by atoms with Gasteiger partial charge in [-0.1, -0.05) is 6.07 Å². The molecule has 2 aromatic carbocycles. The number of benzene rings is 2. The SMILES string of the molecule is N#Cc1ccc(-n2nc(N3CCC(N)CC3)cc2-c2ccc3[nH]ncc3c2)cc1. The predicted octanol–water partition coefficient (Wildman–Crippen LogP) is 3.21. The number of nitriles is 1. The number of aromatic nitrogens is 4. The summed E-state index contributed by atoms with van der Waals surface area (Å²) >= 11 is 0. The van der Waals surface area contributed by atoms with Gasteiger partial charge >= 0.3 is 0 Å². The standard InChI is InChI=1S/C22H21N7/c23-13-15-1-4-19(5-2-15)29-21(16-3-6-20-17(11-16)14-25-26-20)12-22(27-29)28-9-7-18(24)8-10-28/h1-6,11-12,14,18H,7-10,24H2,(H,25,26). The van der Waals surface area contributed by atoms with Crippen LogP contribution in [-0.2, 0) is 0 Å². The van der Waals surface area contributed by atoms with Crippen molar-refractivity contribution in [3.63, 3.8) is 0 Å². The van der Waals surface area contributed by atoms with Crippen LogP contribution in [0.2, 0.25) is 0 Å². The zero-order valence-corrected chi connectivity index (χ0v) is 15.9. The zero-order valence-electron chi connectivity index (χ0n) is 15.9. The Labute approximate surface area is 168 Å². The van der Waals surface area contributed by atoms with Gasteiger partial charge in [0.05, 0.1) is 34.7 Å². The minimum atomic E-state index is 0.273. The van der Waals surface area contributed by atoms with Crippen LogP contribution in [0.1, 0.15) is 18.4 Å². The second-order valence-corrected chi connectivity index (χ2v) is 7.45. The minimum Gasteiger partial charge on any atom is -0.355 e. The van der Waals surface area contributed by atoms with E-state index in [9.17, 15) is 0 Å². The molecule has 144 valence electrons. The molecule has 0 radical (unpaired) electrons. The smallest absolute Gasteiger partial charge is 0.151 e. The third kappa shape index (κ3) is 3.24. The van der Waals surface area contributed by atoms with Crippen molar-refractivity contribution >= 4 is 16.7 Å². The molecular weight excluding hydrogens is 362 g/mol. The number of H-pyrrole nitrogens is 1. The van der Waals surface area contributed by atoms with Gasteiger partial charge in [-0.3, -0.25) is 5.10 Å². The second kappa shape index (κ2) is 7.08. The van der Waals surface area contributed by atoms with Crippen LogP contribution in [0.3, 0.4) is 0 Å². The second-order valence-electron chi connectivity index (χ2n) is 7.45. The number of hydrogen-bond donors (Lipinski definition) is 2. The molecule has 0 unspecified atom stereocenters. The Bertz CT molecular complexity index is 1190. The Morgan fingerprint density at radius 1 is 1.07 bits per heavy atom. The summed E-state index contributed by atoms with van der Waals surface area (Å²) in [5, 5.41) is 22.2. The molecule has 3 N–H and O–H groups in total. The van der Waals surface area contributed by atoms with Crippen molar-refractivity contribution in [3.05, 3.63) is 60.3 Å². The highest BCUT2D eigenvalue weighted by Crippen LogP contribution is 2.30. The summed E-state index contributed by atoms with van der Waals surface area (Å²) in [4.78, 5) is 2.30. The molecule has 3 heterocycles. The quantitative estimate of drug-likeness (QED) is 0.566. The number of fused-ring (bicyclic) bond motifs is 1. The van der Waals surface area contributed by atoms with E-state index in [1.807, 2.05) is 41.2 Å². The third-order valence-corrected chi connectivity index (χ3v) is 5.54. The number of nitrogens with one attached hydrogen (secondary N) is 1. The molecule has 0 atom stereocenters. The summed E-state index contributed by atoms with van der Waals surface area (Å²) in [6.45, 7) is 1.82. The molecule has 29 heavy (non-hydrogen) atoms. The molecular formula is C22H21N7. The number of nitrogens with two attached hydrogens (primary N) is 1. The van der Waals surface area contributed by atoms with Crippen LogP contribution in [0.15, 0.2) is 54.7 Å². The van der Waals surface area contributed by atoms with Crippen molar-refractivity contribution in [2.75, 3.05) is 18.0 Å². The highest BCUT2D eigenvalue weighted by molar-refractivity contribution is 5.84. The number of hydrogen-bond acceptors (Lipinski definition) is 5. The summed E-state index contributed by atoms with van der Waals surface area (Å²) in [5.74, 6) is 0.948. The van der Waals surface area contributed by atoms with E-state index in [1.54, 1.807) is 0 Å². The van der Waals surface area contributed by atoms with Crippen molar-refractivity contribution in [1.82, 2.24) is 20.0 Å². The Hall–Kier alpha value is -3.63. The lowest BCUT2D eigenvalue weighted by Crippen LogP contribution is -2.39. The molecule has 1 aliphatic rings. The van der Waals surface area contributed by atoms with Crippen molar-refractivity contribution in [2.24, 2.45) is 5.73 Å². The van der Waals surface area contributed by atoms with E-state index in [0.29, 0.717) is 5.56 Å². The van der Waals surface area contributed by atoms with E-state index >= 15 is 0 Å². The Morgan fingerprint density at radius 2 is 1.86 bits per heavy atom. The summed E-state index contributed by atoms with van der Waals surface area (Å²) in [5.41, 5.74) is 10.7. The van der Waals surface area contributed by atoms with E-state index in [4.69, 9.17) is 16.1 Å². The van der Waals surface area contributed by atoms with Crippen molar-refractivity contribution < 1.29 is 0 Å². The number of aromatic amines is 1. The normalized spacial score (nSPS) is 15.0. The average Bonchev–Trinajstić information content (AvgIpc) is 3.41. The Balaban J connectivity index is 1.61. The number of nitrogens with zero attached hydrogens (tertiary/aromatic N) is 5. The summed E-state index contributed by atoms with van der Waals surface area (Å²) in [6, 6.07) is 18.3. The maximum absolute atomic E-state index is 9.11. The fourth-order valence-electron chi connectivity index (χ4n) is 3.83. The summed E-state index contributed by atoms with van der Waals surface area (Å²) < 4.78 is 1.95. The summed E-state index contributed by atoms with van der Waals surface area (Å²) in [7, 11) is 0. The zero-order chi connectivity index (χ0) is 19.8. The van der Waals surface area contributed by atoms with E-state index in [-0.39, 0.29) is 6.04 Å².